The van der Waals surface area contributed by atoms with Crippen molar-refractivity contribution in [1.29, 1.82) is 0 Å². The number of rotatable bonds is 7. The first-order valence-corrected chi connectivity index (χ1v) is 8.12. The predicted molar refractivity (Wildman–Crippen MR) is 103 cm³/mol. The van der Waals surface area contributed by atoms with Gasteiger partial charge in [-0.05, 0) is 42.8 Å². The van der Waals surface area contributed by atoms with Crippen molar-refractivity contribution in [3.05, 3.63) is 83.4 Å². The van der Waals surface area contributed by atoms with Crippen LogP contribution in [-0.2, 0) is 4.79 Å². The molecule has 0 aromatic heterocycles. The first-order valence-electron chi connectivity index (χ1n) is 7.75. The summed E-state index contributed by atoms with van der Waals surface area (Å²) in [4.78, 5) is 11.7. The molecule has 0 saturated heterocycles. The predicted octanol–water partition coefficient (Wildman–Crippen LogP) is 4.48. The van der Waals surface area contributed by atoms with Crippen LogP contribution >= 0.6 is 11.6 Å². The number of nitrogens with zero attached hydrogens (tertiary/aromatic N) is 1. The number of carbonyl (C=O) groups excluding carboxylic acids is 1. The van der Waals surface area contributed by atoms with Gasteiger partial charge in [-0.2, -0.15) is 5.10 Å². The molecule has 1 amide bonds. The Balaban J connectivity index is 1.74. The lowest BCUT2D eigenvalue weighted by Crippen LogP contribution is -2.25. The molecule has 4 nitrogen and oxygen atoms in total. The largest absolute Gasteiger partial charge is 0.484 e. The molecule has 0 heterocycles. The Morgan fingerprint density at radius 2 is 1.84 bits per heavy atom. The van der Waals surface area contributed by atoms with Crippen molar-refractivity contribution in [2.45, 2.75) is 6.92 Å². The molecule has 0 spiro atoms. The summed E-state index contributed by atoms with van der Waals surface area (Å²) in [5.74, 6) is 0.244. The number of benzene rings is 2. The topological polar surface area (TPSA) is 50.7 Å². The van der Waals surface area contributed by atoms with Gasteiger partial charge in [0.1, 0.15) is 5.75 Å². The number of halogens is 1. The van der Waals surface area contributed by atoms with E-state index < -0.39 is 0 Å². The second kappa shape index (κ2) is 10.1. The normalized spacial score (nSPS) is 11.8. The first kappa shape index (κ1) is 18.5. The summed E-state index contributed by atoms with van der Waals surface area (Å²) in [7, 11) is 0. The molecule has 0 saturated carbocycles. The monoisotopic (exact) mass is 354 g/mol. The van der Waals surface area contributed by atoms with Gasteiger partial charge in [0.15, 0.2) is 6.61 Å². The Morgan fingerprint density at radius 1 is 1.12 bits per heavy atom. The summed E-state index contributed by atoms with van der Waals surface area (Å²) in [6.45, 7) is 1.68. The molecule has 0 unspecified atom stereocenters. The van der Waals surface area contributed by atoms with Crippen molar-refractivity contribution in [2.75, 3.05) is 6.61 Å². The maximum atomic E-state index is 11.7. The van der Waals surface area contributed by atoms with Crippen LogP contribution in [0.4, 0.5) is 0 Å². The van der Waals surface area contributed by atoms with Crippen molar-refractivity contribution < 1.29 is 9.53 Å². The van der Waals surface area contributed by atoms with Gasteiger partial charge in [-0.3, -0.25) is 4.79 Å². The van der Waals surface area contributed by atoms with Crippen molar-refractivity contribution in [3.63, 3.8) is 0 Å². The minimum Gasteiger partial charge on any atom is -0.484 e. The lowest BCUT2D eigenvalue weighted by Gasteiger charge is -2.05. The number of ether oxygens (including phenoxy) is 1. The molecule has 1 N–H and O–H groups in total. The lowest BCUT2D eigenvalue weighted by molar-refractivity contribution is -0.123. The number of hydrazone groups is 1. The van der Waals surface area contributed by atoms with Gasteiger partial charge in [-0.15, -0.1) is 0 Å². The number of carbonyl (C=O) groups is 1. The van der Waals surface area contributed by atoms with Crippen molar-refractivity contribution in [1.82, 2.24) is 5.43 Å². The number of amides is 1. The summed E-state index contributed by atoms with van der Waals surface area (Å²) >= 11 is 5.78. The lowest BCUT2D eigenvalue weighted by atomic mass is 10.2. The maximum absolute atomic E-state index is 11.7. The quantitative estimate of drug-likeness (QED) is 0.452. The number of hydrogen-bond donors (Lipinski definition) is 1. The van der Waals surface area contributed by atoms with Crippen molar-refractivity contribution in [2.24, 2.45) is 5.10 Å². The third kappa shape index (κ3) is 7.50. The maximum Gasteiger partial charge on any atom is 0.277 e. The molecule has 128 valence electrons. The Bertz CT molecular complexity index is 766. The first-order chi connectivity index (χ1) is 12.1. The Labute approximate surface area is 152 Å². The highest BCUT2D eigenvalue weighted by Gasteiger charge is 2.01. The fourth-order valence-electron chi connectivity index (χ4n) is 1.83. The molecule has 0 radical (unpaired) electrons. The van der Waals surface area contributed by atoms with Gasteiger partial charge >= 0.3 is 0 Å². The molecule has 2 rings (SSSR count). The molecular formula is C20H19ClN2O2. The molecule has 0 bridgehead atoms. The van der Waals surface area contributed by atoms with E-state index in [1.807, 2.05) is 48.6 Å². The van der Waals surface area contributed by atoms with Crippen LogP contribution in [-0.4, -0.2) is 18.2 Å². The van der Waals surface area contributed by atoms with Crippen LogP contribution in [0.15, 0.2) is 77.9 Å². The van der Waals surface area contributed by atoms with Crippen LogP contribution in [0.3, 0.4) is 0 Å². The molecule has 0 aliphatic heterocycles. The Morgan fingerprint density at radius 3 is 2.56 bits per heavy atom. The van der Waals surface area contributed by atoms with Gasteiger partial charge < -0.3 is 4.74 Å². The molecule has 0 atom stereocenters. The molecule has 0 aliphatic rings. The highest BCUT2D eigenvalue weighted by Crippen LogP contribution is 2.15. The highest BCUT2D eigenvalue weighted by molar-refractivity contribution is 6.30. The second-order valence-electron chi connectivity index (χ2n) is 5.16. The fraction of sp³-hybridized carbons (Fsp3) is 0.100. The number of allylic oxidation sites excluding steroid dienone is 3. The van der Waals surface area contributed by atoms with Gasteiger partial charge in [0.25, 0.3) is 5.91 Å². The van der Waals surface area contributed by atoms with Crippen LogP contribution in [0.2, 0.25) is 5.02 Å². The SMILES string of the molecule is CC(/C=C/C=C/c1ccccc1)=N/NC(=O)COc1ccc(Cl)cc1. The van der Waals surface area contributed by atoms with E-state index in [0.717, 1.165) is 5.56 Å². The fourth-order valence-corrected chi connectivity index (χ4v) is 1.95. The minimum atomic E-state index is -0.331. The number of nitrogens with one attached hydrogen (secondary N) is 1. The van der Waals surface area contributed by atoms with E-state index in [4.69, 9.17) is 16.3 Å². The van der Waals surface area contributed by atoms with Crippen LogP contribution in [0, 0.1) is 0 Å². The Hall–Kier alpha value is -2.85. The number of hydrogen-bond acceptors (Lipinski definition) is 3. The molecule has 25 heavy (non-hydrogen) atoms. The van der Waals surface area contributed by atoms with Crippen molar-refractivity contribution in [3.8, 4) is 5.75 Å². The Kier molecular flexibility index (Phi) is 7.47. The van der Waals surface area contributed by atoms with E-state index in [1.54, 1.807) is 37.3 Å². The van der Waals surface area contributed by atoms with Crippen LogP contribution < -0.4 is 10.2 Å². The molecule has 2 aromatic carbocycles. The molecular weight excluding hydrogens is 336 g/mol. The van der Waals surface area contributed by atoms with Gasteiger partial charge in [0.05, 0.1) is 5.71 Å². The van der Waals surface area contributed by atoms with Crippen LogP contribution in [0.5, 0.6) is 5.75 Å². The zero-order valence-electron chi connectivity index (χ0n) is 13.9. The van der Waals surface area contributed by atoms with E-state index in [1.165, 1.54) is 0 Å². The van der Waals surface area contributed by atoms with Gasteiger partial charge in [0.2, 0.25) is 0 Å². The van der Waals surface area contributed by atoms with Gasteiger partial charge in [0, 0.05) is 5.02 Å². The van der Waals surface area contributed by atoms with Crippen LogP contribution in [0.1, 0.15) is 12.5 Å². The van der Waals surface area contributed by atoms with E-state index in [-0.39, 0.29) is 12.5 Å². The second-order valence-corrected chi connectivity index (χ2v) is 5.60. The summed E-state index contributed by atoms with van der Waals surface area (Å²) in [5, 5.41) is 4.61. The van der Waals surface area contributed by atoms with E-state index in [2.05, 4.69) is 10.5 Å². The smallest absolute Gasteiger partial charge is 0.277 e. The van der Waals surface area contributed by atoms with Gasteiger partial charge in [-0.25, -0.2) is 5.43 Å². The molecule has 2 aromatic rings. The van der Waals surface area contributed by atoms with Crippen LogP contribution in [0.25, 0.3) is 6.08 Å². The molecule has 0 fully saturated rings. The summed E-state index contributed by atoms with van der Waals surface area (Å²) < 4.78 is 5.33. The summed E-state index contributed by atoms with van der Waals surface area (Å²) in [6, 6.07) is 16.8. The minimum absolute atomic E-state index is 0.115. The zero-order chi connectivity index (χ0) is 17.9. The third-order valence-corrected chi connectivity index (χ3v) is 3.33. The average molecular weight is 355 g/mol. The van der Waals surface area contributed by atoms with E-state index in [9.17, 15) is 4.79 Å². The molecule has 0 aliphatic carbocycles. The van der Waals surface area contributed by atoms with E-state index >= 15 is 0 Å². The third-order valence-electron chi connectivity index (χ3n) is 3.08. The van der Waals surface area contributed by atoms with Crippen molar-refractivity contribution >= 4 is 29.3 Å². The van der Waals surface area contributed by atoms with E-state index in [0.29, 0.717) is 16.5 Å². The highest BCUT2D eigenvalue weighted by atomic mass is 35.5. The average Bonchev–Trinajstić information content (AvgIpc) is 2.64. The summed E-state index contributed by atoms with van der Waals surface area (Å²) in [6.07, 6.45) is 7.57. The zero-order valence-corrected chi connectivity index (χ0v) is 14.6. The van der Waals surface area contributed by atoms with Gasteiger partial charge in [-0.1, -0.05) is 60.2 Å². The summed E-state index contributed by atoms with van der Waals surface area (Å²) in [5.41, 5.74) is 4.24. The standard InChI is InChI=1S/C20H19ClN2O2/c1-16(7-5-6-10-17-8-3-2-4-9-17)22-23-20(24)15-25-19-13-11-18(21)12-14-19/h2-14H,15H2,1H3,(H,23,24)/b7-5+,10-6+,22-16-. The molecule has 5 heteroatoms.